The summed E-state index contributed by atoms with van der Waals surface area (Å²) in [4.78, 5) is 26.1. The molecule has 24 heavy (non-hydrogen) atoms. The number of aryl methyl sites for hydroxylation is 1. The molecule has 0 aliphatic carbocycles. The number of halogens is 1. The van der Waals surface area contributed by atoms with E-state index >= 15 is 0 Å². The molecule has 1 aliphatic rings. The van der Waals surface area contributed by atoms with Crippen LogP contribution in [-0.4, -0.2) is 18.9 Å². The molecule has 122 valence electrons. The molecule has 0 saturated carbocycles. The van der Waals surface area contributed by atoms with Crippen LogP contribution in [0.2, 0.25) is 0 Å². The second-order valence-corrected chi connectivity index (χ2v) is 5.68. The molecule has 0 unspecified atom stereocenters. The van der Waals surface area contributed by atoms with Crippen molar-refractivity contribution in [3.8, 4) is 5.75 Å². The van der Waals surface area contributed by atoms with Gasteiger partial charge in [0.15, 0.2) is 0 Å². The van der Waals surface area contributed by atoms with Gasteiger partial charge in [0.2, 0.25) is 0 Å². The number of anilines is 2. The van der Waals surface area contributed by atoms with Crippen molar-refractivity contribution in [2.75, 3.05) is 17.3 Å². The number of carbonyl (C=O) groups excluding carboxylic acids is 2. The lowest BCUT2D eigenvalue weighted by atomic mass is 10.2. The van der Waals surface area contributed by atoms with Crippen LogP contribution < -0.4 is 15.0 Å². The van der Waals surface area contributed by atoms with E-state index in [2.05, 4.69) is 5.32 Å². The standard InChI is InChI=1S/C18H15ClN2O3/c1-11-8-9-14(24-2)13(10-11)20-16-15(19)17(22)21(18(16)23)12-6-4-3-5-7-12/h3-10,20H,1-2H3. The van der Waals surface area contributed by atoms with E-state index < -0.39 is 11.8 Å². The second kappa shape index (κ2) is 6.37. The van der Waals surface area contributed by atoms with Gasteiger partial charge in [-0.3, -0.25) is 9.59 Å². The lowest BCUT2D eigenvalue weighted by Crippen LogP contribution is -2.32. The number of benzene rings is 2. The van der Waals surface area contributed by atoms with Crippen molar-refractivity contribution in [1.29, 1.82) is 0 Å². The topological polar surface area (TPSA) is 58.6 Å². The Morgan fingerprint density at radius 2 is 1.75 bits per heavy atom. The van der Waals surface area contributed by atoms with Crippen LogP contribution in [-0.2, 0) is 9.59 Å². The Hall–Kier alpha value is -2.79. The van der Waals surface area contributed by atoms with Gasteiger partial charge in [-0.2, -0.15) is 0 Å². The fourth-order valence-corrected chi connectivity index (χ4v) is 2.69. The smallest absolute Gasteiger partial charge is 0.283 e. The number of nitrogens with zero attached hydrogens (tertiary/aromatic N) is 1. The van der Waals surface area contributed by atoms with Crippen molar-refractivity contribution >= 4 is 34.8 Å². The summed E-state index contributed by atoms with van der Waals surface area (Å²) in [7, 11) is 1.53. The number of methoxy groups -OCH3 is 1. The van der Waals surface area contributed by atoms with Gasteiger partial charge in [0, 0.05) is 0 Å². The Morgan fingerprint density at radius 3 is 2.42 bits per heavy atom. The monoisotopic (exact) mass is 342 g/mol. The van der Waals surface area contributed by atoms with Gasteiger partial charge in [-0.1, -0.05) is 35.9 Å². The minimum atomic E-state index is -0.554. The molecular formula is C18H15ClN2O3. The largest absolute Gasteiger partial charge is 0.495 e. The molecule has 2 aromatic carbocycles. The SMILES string of the molecule is COc1ccc(C)cc1NC1=C(Cl)C(=O)N(c2ccccc2)C1=O. The summed E-state index contributed by atoms with van der Waals surface area (Å²) >= 11 is 6.12. The van der Waals surface area contributed by atoms with Gasteiger partial charge < -0.3 is 10.1 Å². The molecule has 3 rings (SSSR count). The second-order valence-electron chi connectivity index (χ2n) is 5.30. The molecule has 0 spiro atoms. The van der Waals surface area contributed by atoms with Crippen molar-refractivity contribution in [2.45, 2.75) is 6.92 Å². The highest BCUT2D eigenvalue weighted by molar-refractivity contribution is 6.53. The third-order valence-corrected chi connectivity index (χ3v) is 4.01. The fourth-order valence-electron chi connectivity index (χ4n) is 2.48. The zero-order valence-electron chi connectivity index (χ0n) is 13.2. The van der Waals surface area contributed by atoms with Gasteiger partial charge in [0.1, 0.15) is 16.5 Å². The maximum absolute atomic E-state index is 12.7. The zero-order chi connectivity index (χ0) is 17.3. The number of para-hydroxylation sites is 1. The molecule has 0 radical (unpaired) electrons. The number of carbonyl (C=O) groups is 2. The van der Waals surface area contributed by atoms with E-state index in [0.29, 0.717) is 17.1 Å². The lowest BCUT2D eigenvalue weighted by Gasteiger charge is -2.15. The molecule has 2 aromatic rings. The van der Waals surface area contributed by atoms with Crippen molar-refractivity contribution in [1.82, 2.24) is 0 Å². The zero-order valence-corrected chi connectivity index (χ0v) is 13.9. The average molecular weight is 343 g/mol. The number of ether oxygens (including phenoxy) is 1. The van der Waals surface area contributed by atoms with Crippen LogP contribution in [0.25, 0.3) is 0 Å². The number of hydrogen-bond acceptors (Lipinski definition) is 4. The first-order valence-electron chi connectivity index (χ1n) is 7.28. The normalized spacial score (nSPS) is 14.4. The Kier molecular flexibility index (Phi) is 4.27. The first-order valence-corrected chi connectivity index (χ1v) is 7.66. The van der Waals surface area contributed by atoms with Crippen LogP contribution in [0.1, 0.15) is 5.56 Å². The van der Waals surface area contributed by atoms with Crippen molar-refractivity contribution in [2.24, 2.45) is 0 Å². The number of nitrogens with one attached hydrogen (secondary N) is 1. The molecule has 2 amide bonds. The van der Waals surface area contributed by atoms with Gasteiger partial charge in [-0.25, -0.2) is 4.90 Å². The maximum Gasteiger partial charge on any atom is 0.283 e. The van der Waals surface area contributed by atoms with E-state index in [4.69, 9.17) is 16.3 Å². The van der Waals surface area contributed by atoms with Gasteiger partial charge in [0.25, 0.3) is 11.8 Å². The van der Waals surface area contributed by atoms with E-state index in [1.54, 1.807) is 36.4 Å². The van der Waals surface area contributed by atoms with Crippen molar-refractivity contribution in [3.63, 3.8) is 0 Å². The third kappa shape index (κ3) is 2.74. The number of hydrogen-bond donors (Lipinski definition) is 1. The molecule has 0 saturated heterocycles. The highest BCUT2D eigenvalue weighted by Gasteiger charge is 2.39. The van der Waals surface area contributed by atoms with E-state index in [1.807, 2.05) is 19.1 Å². The average Bonchev–Trinajstić information content (AvgIpc) is 2.79. The Balaban J connectivity index is 1.96. The summed E-state index contributed by atoms with van der Waals surface area (Å²) < 4.78 is 5.28. The van der Waals surface area contributed by atoms with Gasteiger partial charge >= 0.3 is 0 Å². The molecule has 0 bridgehead atoms. The summed E-state index contributed by atoms with van der Waals surface area (Å²) in [6, 6.07) is 14.1. The Morgan fingerprint density at radius 1 is 1.04 bits per heavy atom. The first-order chi connectivity index (χ1) is 11.5. The van der Waals surface area contributed by atoms with Gasteiger partial charge in [-0.05, 0) is 36.8 Å². The molecule has 5 nitrogen and oxygen atoms in total. The summed E-state index contributed by atoms with van der Waals surface area (Å²) in [6.07, 6.45) is 0. The quantitative estimate of drug-likeness (QED) is 0.865. The Labute approximate surface area is 144 Å². The summed E-state index contributed by atoms with van der Waals surface area (Å²) in [5, 5.41) is 2.80. The number of amides is 2. The molecule has 0 atom stereocenters. The predicted molar refractivity (Wildman–Crippen MR) is 93.2 cm³/mol. The number of imide groups is 1. The summed E-state index contributed by atoms with van der Waals surface area (Å²) in [5.41, 5.74) is 2.06. The van der Waals surface area contributed by atoms with Crippen LogP contribution in [0.3, 0.4) is 0 Å². The minimum absolute atomic E-state index is 0.0365. The van der Waals surface area contributed by atoms with Crippen LogP contribution in [0.15, 0.2) is 59.3 Å². The van der Waals surface area contributed by atoms with Crippen LogP contribution in [0, 0.1) is 6.92 Å². The molecule has 1 heterocycles. The lowest BCUT2D eigenvalue weighted by molar-refractivity contribution is -0.120. The summed E-state index contributed by atoms with van der Waals surface area (Å²) in [6.45, 7) is 1.92. The molecular weight excluding hydrogens is 328 g/mol. The summed E-state index contributed by atoms with van der Waals surface area (Å²) in [5.74, 6) is -0.502. The van der Waals surface area contributed by atoms with Crippen LogP contribution in [0.4, 0.5) is 11.4 Å². The minimum Gasteiger partial charge on any atom is -0.495 e. The van der Waals surface area contributed by atoms with E-state index in [1.165, 1.54) is 7.11 Å². The molecule has 1 aliphatic heterocycles. The van der Waals surface area contributed by atoms with Crippen LogP contribution in [0.5, 0.6) is 5.75 Å². The predicted octanol–water partition coefficient (Wildman–Crippen LogP) is 3.44. The molecule has 0 fully saturated rings. The van der Waals surface area contributed by atoms with Crippen molar-refractivity contribution in [3.05, 3.63) is 64.8 Å². The molecule has 1 N–H and O–H groups in total. The molecule has 6 heteroatoms. The van der Waals surface area contributed by atoms with Gasteiger partial charge in [-0.15, -0.1) is 0 Å². The van der Waals surface area contributed by atoms with Gasteiger partial charge in [0.05, 0.1) is 18.5 Å². The number of rotatable bonds is 4. The highest BCUT2D eigenvalue weighted by atomic mass is 35.5. The Bertz CT molecular complexity index is 847. The first kappa shape index (κ1) is 16.1. The third-order valence-electron chi connectivity index (χ3n) is 3.66. The van der Waals surface area contributed by atoms with E-state index in [-0.39, 0.29) is 10.7 Å². The van der Waals surface area contributed by atoms with E-state index in [0.717, 1.165) is 10.5 Å². The van der Waals surface area contributed by atoms with E-state index in [9.17, 15) is 9.59 Å². The van der Waals surface area contributed by atoms with Crippen LogP contribution >= 0.6 is 11.6 Å². The fraction of sp³-hybridized carbons (Fsp3) is 0.111. The maximum atomic E-state index is 12.7. The van der Waals surface area contributed by atoms with Crippen molar-refractivity contribution < 1.29 is 14.3 Å². The highest BCUT2D eigenvalue weighted by Crippen LogP contribution is 2.33. The molecule has 0 aromatic heterocycles.